The van der Waals surface area contributed by atoms with Gasteiger partial charge in [-0.25, -0.2) is 0 Å². The first-order valence-electron chi connectivity index (χ1n) is 43.4. The lowest BCUT2D eigenvalue weighted by Crippen LogP contribution is -2.66. The highest BCUT2D eigenvalue weighted by Crippen LogP contribution is 2.33. The summed E-state index contributed by atoms with van der Waals surface area (Å²) in [6, 6.07) is -1.01. The Labute approximate surface area is 664 Å². The Morgan fingerprint density at radius 3 is 1.02 bits per heavy atom. The first-order chi connectivity index (χ1) is 53.8. The molecule has 19 nitrogen and oxygen atoms in total. The molecule has 3 heterocycles. The van der Waals surface area contributed by atoms with E-state index in [2.05, 4.69) is 141 Å². The van der Waals surface area contributed by atoms with Crippen molar-refractivity contribution in [1.82, 2.24) is 5.32 Å². The molecule has 110 heavy (non-hydrogen) atoms. The molecule has 0 saturated carbocycles. The number of unbranched alkanes of at least 4 members (excludes halogenated alkanes) is 32. The molecule has 0 aliphatic carbocycles. The van der Waals surface area contributed by atoms with Gasteiger partial charge in [0.05, 0.1) is 38.6 Å². The fraction of sp³-hybridized carbons (Fsp3) is 0.747. The molecule has 1 amide bonds. The Balaban J connectivity index is 1.38. The van der Waals surface area contributed by atoms with Crippen LogP contribution in [0, 0.1) is 0 Å². The summed E-state index contributed by atoms with van der Waals surface area (Å²) in [5.74, 6) is -0.301. The maximum Gasteiger partial charge on any atom is 0.220 e. The number of ether oxygens (including phenoxy) is 6. The number of allylic oxidation sites excluding steroid dienone is 21. The van der Waals surface area contributed by atoms with E-state index in [9.17, 15) is 61.0 Å². The van der Waals surface area contributed by atoms with Crippen molar-refractivity contribution in [1.29, 1.82) is 0 Å². The zero-order valence-electron chi connectivity index (χ0n) is 67.9. The Morgan fingerprint density at radius 1 is 0.336 bits per heavy atom. The number of aliphatic hydroxyl groups excluding tert-OH is 11. The van der Waals surface area contributed by atoms with Gasteiger partial charge in [-0.1, -0.05) is 321 Å². The van der Waals surface area contributed by atoms with Crippen molar-refractivity contribution in [2.45, 2.75) is 407 Å². The van der Waals surface area contributed by atoms with E-state index in [0.29, 0.717) is 12.8 Å². The predicted octanol–water partition coefficient (Wildman–Crippen LogP) is 16.0. The maximum atomic E-state index is 13.5. The summed E-state index contributed by atoms with van der Waals surface area (Å²) < 4.78 is 34.5. The number of aliphatic hydroxyl groups is 11. The minimum Gasteiger partial charge on any atom is -0.394 e. The van der Waals surface area contributed by atoms with E-state index in [0.717, 1.165) is 122 Å². The molecule has 3 aliphatic rings. The van der Waals surface area contributed by atoms with E-state index in [1.54, 1.807) is 6.08 Å². The Hall–Kier alpha value is -4.07. The molecule has 0 aromatic heterocycles. The van der Waals surface area contributed by atoms with E-state index < -0.39 is 124 Å². The zero-order valence-corrected chi connectivity index (χ0v) is 67.9. The van der Waals surface area contributed by atoms with Crippen LogP contribution in [0.2, 0.25) is 0 Å². The zero-order chi connectivity index (χ0) is 79.5. The standard InChI is InChI=1S/C91H155NO18/c1-3-5-7-9-11-13-15-17-19-21-23-25-27-29-31-33-35-37-39-41-43-45-47-49-51-53-55-57-59-61-63-65-67-69-79(97)92-74(75(96)68-66-64-62-60-58-56-54-52-50-48-46-44-42-40-38-36-34-32-30-28-26-24-22-20-18-16-14-12-10-8-6-4-2)73-105-89-85(103)82(100)87(77(71-94)107-89)110-91-86(104)83(101)88(78(72-95)108-91)109-90-84(102)81(99)80(98)76(70-93)106-90/h5,7,11,13,17,19,23,25,29,31,35,37,41,43,47,49-50,52,58,60,66,68,74-78,80-91,93-96,98-104H,3-4,6,8-10,12,14-16,18,20-22,24,26-28,30,32-34,36,38-40,42,44-46,48,51,53-57,59,61-65,67,69-73H2,1-2H3,(H,92,97)/b7-5-,13-11-,19-17-,25-23-,31-29-,37-35-,43-41-,49-47-,52-50+,60-58+,68-66+. The van der Waals surface area contributed by atoms with Crippen LogP contribution in [0.1, 0.15) is 303 Å². The molecule has 17 unspecified atom stereocenters. The summed E-state index contributed by atoms with van der Waals surface area (Å²) >= 11 is 0. The molecular weight excluding hydrogens is 1390 g/mol. The van der Waals surface area contributed by atoms with Crippen LogP contribution in [-0.2, 0) is 33.2 Å². The largest absolute Gasteiger partial charge is 0.394 e. The lowest BCUT2D eigenvalue weighted by molar-refractivity contribution is -0.379. The van der Waals surface area contributed by atoms with Gasteiger partial charge in [0.25, 0.3) is 0 Å². The molecular formula is C91H155NO18. The molecule has 3 fully saturated rings. The van der Waals surface area contributed by atoms with Gasteiger partial charge in [0.15, 0.2) is 18.9 Å². The van der Waals surface area contributed by atoms with E-state index in [-0.39, 0.29) is 18.9 Å². The van der Waals surface area contributed by atoms with Crippen LogP contribution in [0.25, 0.3) is 0 Å². The van der Waals surface area contributed by atoms with Gasteiger partial charge < -0.3 is 89.9 Å². The summed E-state index contributed by atoms with van der Waals surface area (Å²) in [4.78, 5) is 13.5. The normalized spacial score (nSPS) is 25.8. The van der Waals surface area contributed by atoms with E-state index in [4.69, 9.17) is 28.4 Å². The molecule has 0 spiro atoms. The van der Waals surface area contributed by atoms with Crippen molar-refractivity contribution in [3.63, 3.8) is 0 Å². The maximum absolute atomic E-state index is 13.5. The molecule has 0 aromatic carbocycles. The quantitative estimate of drug-likeness (QED) is 0.0199. The molecule has 3 rings (SSSR count). The molecule has 12 N–H and O–H groups in total. The minimum atomic E-state index is -1.99. The van der Waals surface area contributed by atoms with Crippen LogP contribution >= 0.6 is 0 Å². The third kappa shape index (κ3) is 47.7. The summed E-state index contributed by atoms with van der Waals surface area (Å²) in [5, 5.41) is 121. The molecule has 3 aliphatic heterocycles. The first-order valence-corrected chi connectivity index (χ1v) is 43.4. The van der Waals surface area contributed by atoms with Crippen molar-refractivity contribution < 1.29 is 89.4 Å². The molecule has 0 aromatic rings. The highest BCUT2D eigenvalue weighted by Gasteiger charge is 2.54. The van der Waals surface area contributed by atoms with Crippen LogP contribution in [-0.4, -0.2) is 193 Å². The van der Waals surface area contributed by atoms with Crippen molar-refractivity contribution in [3.8, 4) is 0 Å². The molecule has 17 atom stereocenters. The third-order valence-corrected chi connectivity index (χ3v) is 20.7. The van der Waals surface area contributed by atoms with Crippen molar-refractivity contribution in [2.24, 2.45) is 0 Å². The number of nitrogens with one attached hydrogen (secondary N) is 1. The van der Waals surface area contributed by atoms with E-state index in [1.807, 2.05) is 6.08 Å². The highest BCUT2D eigenvalue weighted by atomic mass is 16.8. The summed E-state index contributed by atoms with van der Waals surface area (Å²) in [6.45, 7) is 1.61. The lowest BCUT2D eigenvalue weighted by atomic mass is 9.96. The summed E-state index contributed by atoms with van der Waals surface area (Å²) in [6.07, 6.45) is 73.0. The van der Waals surface area contributed by atoms with Gasteiger partial charge in [0.1, 0.15) is 73.2 Å². The molecule has 0 radical (unpaired) electrons. The van der Waals surface area contributed by atoms with Gasteiger partial charge in [-0.3, -0.25) is 4.79 Å². The monoisotopic (exact) mass is 1550 g/mol. The van der Waals surface area contributed by atoms with Gasteiger partial charge in [-0.15, -0.1) is 0 Å². The van der Waals surface area contributed by atoms with E-state index >= 15 is 0 Å². The van der Waals surface area contributed by atoms with E-state index in [1.165, 1.54) is 148 Å². The summed E-state index contributed by atoms with van der Waals surface area (Å²) in [7, 11) is 0. The number of amides is 1. The van der Waals surface area contributed by atoms with Crippen molar-refractivity contribution in [3.05, 3.63) is 134 Å². The fourth-order valence-electron chi connectivity index (χ4n) is 13.8. The Kier molecular flexibility index (Phi) is 63.0. The average molecular weight is 1550 g/mol. The predicted molar refractivity (Wildman–Crippen MR) is 443 cm³/mol. The summed E-state index contributed by atoms with van der Waals surface area (Å²) in [5.41, 5.74) is 0. The van der Waals surface area contributed by atoms with Crippen molar-refractivity contribution in [2.75, 3.05) is 26.4 Å². The Bertz CT molecular complexity index is 2510. The van der Waals surface area contributed by atoms with Crippen LogP contribution in [0.15, 0.2) is 134 Å². The Morgan fingerprint density at radius 2 is 0.636 bits per heavy atom. The van der Waals surface area contributed by atoms with Gasteiger partial charge in [-0.05, 0) is 109 Å². The molecule has 3 saturated heterocycles. The smallest absolute Gasteiger partial charge is 0.220 e. The minimum absolute atomic E-state index is 0.213. The number of carbonyl (C=O) groups is 1. The third-order valence-electron chi connectivity index (χ3n) is 20.7. The number of carbonyl (C=O) groups excluding carboxylic acids is 1. The van der Waals surface area contributed by atoms with Crippen LogP contribution < -0.4 is 5.32 Å². The van der Waals surface area contributed by atoms with Crippen LogP contribution in [0.4, 0.5) is 0 Å². The highest BCUT2D eigenvalue weighted by molar-refractivity contribution is 5.76. The second kappa shape index (κ2) is 69.3. The van der Waals surface area contributed by atoms with Gasteiger partial charge >= 0.3 is 0 Å². The van der Waals surface area contributed by atoms with Crippen LogP contribution in [0.3, 0.4) is 0 Å². The molecule has 0 bridgehead atoms. The van der Waals surface area contributed by atoms with Gasteiger partial charge in [-0.2, -0.15) is 0 Å². The first kappa shape index (κ1) is 100. The number of rotatable bonds is 68. The molecule has 19 heteroatoms. The second-order valence-corrected chi connectivity index (χ2v) is 30.2. The molecule has 632 valence electrons. The fourth-order valence-corrected chi connectivity index (χ4v) is 13.8. The number of hydrogen-bond acceptors (Lipinski definition) is 18. The average Bonchev–Trinajstić information content (AvgIpc) is 0.780. The number of hydrogen-bond donors (Lipinski definition) is 12. The lowest BCUT2D eigenvalue weighted by Gasteiger charge is -2.48. The van der Waals surface area contributed by atoms with Crippen molar-refractivity contribution >= 4 is 5.91 Å². The second-order valence-electron chi connectivity index (χ2n) is 30.2. The SMILES string of the molecule is CC/C=C\C/C=C\C/C=C\C/C=C\C/C=C\C/C=C\C/C=C\C/C=C\CCCCCCCCCCC(=O)NC(COC1OC(CO)C(OC2OC(CO)C(OC3OC(CO)C(O)C(O)C3O)C(O)C2O)C(O)C1O)C(O)/C=C/CC/C=C/CC/C=C/CCCCCCCCCCCCCCCCCCCCCCCC. The van der Waals surface area contributed by atoms with Crippen LogP contribution in [0.5, 0.6) is 0 Å². The topological polar surface area (TPSA) is 307 Å². The van der Waals surface area contributed by atoms with Gasteiger partial charge in [0, 0.05) is 6.42 Å². The van der Waals surface area contributed by atoms with Gasteiger partial charge in [0.2, 0.25) is 5.91 Å².